The molecule has 0 atom stereocenters. The molecule has 0 saturated heterocycles. The van der Waals surface area contributed by atoms with Crippen molar-refractivity contribution in [2.24, 2.45) is 4.99 Å². The number of amides is 1. The van der Waals surface area contributed by atoms with Crippen LogP contribution < -0.4 is 20.7 Å². The molecule has 0 spiro atoms. The Balaban J connectivity index is 0.00000363. The van der Waals surface area contributed by atoms with E-state index in [0.717, 1.165) is 18.7 Å². The fraction of sp³-hybridized carbons (Fsp3) is 0.261. The summed E-state index contributed by atoms with van der Waals surface area (Å²) in [5.74, 6) is 1.22. The second-order valence-corrected chi connectivity index (χ2v) is 6.78. The van der Waals surface area contributed by atoms with Gasteiger partial charge in [-0.05, 0) is 48.4 Å². The Kier molecular flexibility index (Phi) is 10.5. The Morgan fingerprint density at radius 3 is 2.47 bits per heavy atom. The van der Waals surface area contributed by atoms with Gasteiger partial charge in [0.1, 0.15) is 5.75 Å². The maximum atomic E-state index is 12.2. The lowest BCUT2D eigenvalue weighted by Gasteiger charge is -2.13. The zero-order valence-corrected chi connectivity index (χ0v) is 20.6. The van der Waals surface area contributed by atoms with Crippen LogP contribution in [-0.4, -0.2) is 55.4 Å². The van der Waals surface area contributed by atoms with Gasteiger partial charge in [0.15, 0.2) is 5.96 Å². The number of carbonyl (C=O) groups is 1. The summed E-state index contributed by atoms with van der Waals surface area (Å²) >= 11 is 0. The SMILES string of the molecule is CN=C(NCCNC(=O)c1cccc(OC)c1)NCCc1ccc(-n2cccn2)cc1.I. The molecule has 0 aliphatic rings. The number of carbonyl (C=O) groups excluding carboxylic acids is 1. The normalized spacial score (nSPS) is 10.8. The molecule has 2 aromatic carbocycles. The van der Waals surface area contributed by atoms with E-state index in [2.05, 4.69) is 50.3 Å². The van der Waals surface area contributed by atoms with E-state index in [4.69, 9.17) is 4.74 Å². The lowest BCUT2D eigenvalue weighted by molar-refractivity contribution is 0.0954. The lowest BCUT2D eigenvalue weighted by atomic mass is 10.1. The zero-order valence-electron chi connectivity index (χ0n) is 18.2. The molecular weight excluding hydrogens is 519 g/mol. The van der Waals surface area contributed by atoms with Crippen LogP contribution in [-0.2, 0) is 6.42 Å². The van der Waals surface area contributed by atoms with Crippen molar-refractivity contribution >= 4 is 35.8 Å². The highest BCUT2D eigenvalue weighted by molar-refractivity contribution is 14.0. The molecule has 0 fully saturated rings. The minimum Gasteiger partial charge on any atom is -0.497 e. The molecule has 0 aliphatic heterocycles. The Morgan fingerprint density at radius 2 is 1.78 bits per heavy atom. The number of nitrogens with zero attached hydrogens (tertiary/aromatic N) is 3. The molecule has 0 bridgehead atoms. The first-order valence-corrected chi connectivity index (χ1v) is 10.2. The zero-order chi connectivity index (χ0) is 21.9. The van der Waals surface area contributed by atoms with E-state index in [1.54, 1.807) is 38.6 Å². The van der Waals surface area contributed by atoms with Gasteiger partial charge < -0.3 is 20.7 Å². The van der Waals surface area contributed by atoms with E-state index in [1.165, 1.54) is 5.56 Å². The monoisotopic (exact) mass is 548 g/mol. The molecule has 170 valence electrons. The van der Waals surface area contributed by atoms with Crippen molar-refractivity contribution in [2.75, 3.05) is 33.8 Å². The quantitative estimate of drug-likeness (QED) is 0.166. The molecular formula is C23H29IN6O2. The summed E-state index contributed by atoms with van der Waals surface area (Å²) in [7, 11) is 3.30. The number of hydrogen-bond donors (Lipinski definition) is 3. The number of halogens is 1. The molecule has 0 radical (unpaired) electrons. The van der Waals surface area contributed by atoms with Gasteiger partial charge in [0.05, 0.1) is 12.8 Å². The molecule has 3 rings (SSSR count). The largest absolute Gasteiger partial charge is 0.497 e. The van der Waals surface area contributed by atoms with Crippen LogP contribution in [0.25, 0.3) is 5.69 Å². The maximum absolute atomic E-state index is 12.2. The third kappa shape index (κ3) is 7.56. The lowest BCUT2D eigenvalue weighted by Crippen LogP contribution is -2.42. The van der Waals surface area contributed by atoms with Crippen LogP contribution in [0.2, 0.25) is 0 Å². The number of rotatable bonds is 9. The van der Waals surface area contributed by atoms with E-state index < -0.39 is 0 Å². The van der Waals surface area contributed by atoms with Gasteiger partial charge in [-0.3, -0.25) is 9.79 Å². The highest BCUT2D eigenvalue weighted by Gasteiger charge is 2.06. The van der Waals surface area contributed by atoms with Gasteiger partial charge >= 0.3 is 0 Å². The van der Waals surface area contributed by atoms with Crippen LogP contribution in [0.15, 0.2) is 72.0 Å². The number of aromatic nitrogens is 2. The smallest absolute Gasteiger partial charge is 0.251 e. The Hall–Kier alpha value is -3.08. The van der Waals surface area contributed by atoms with Crippen LogP contribution in [0.3, 0.4) is 0 Å². The average molecular weight is 548 g/mol. The van der Waals surface area contributed by atoms with Gasteiger partial charge in [0.2, 0.25) is 0 Å². The standard InChI is InChI=1S/C23H28N6O2.HI/c1-24-23(27-15-14-25-22(30)19-5-3-6-21(17-19)31-2)26-13-11-18-7-9-20(10-8-18)29-16-4-12-28-29;/h3-10,12,16-17H,11,13-15H2,1-2H3,(H,25,30)(H2,24,26,27);1H. The molecule has 1 heterocycles. The molecule has 32 heavy (non-hydrogen) atoms. The van der Waals surface area contributed by atoms with Gasteiger partial charge in [-0.2, -0.15) is 5.10 Å². The first kappa shape index (κ1) is 25.2. The molecule has 3 N–H and O–H groups in total. The summed E-state index contributed by atoms with van der Waals surface area (Å²) in [5.41, 5.74) is 2.83. The topological polar surface area (TPSA) is 92.6 Å². The molecule has 0 unspecified atom stereocenters. The summed E-state index contributed by atoms with van der Waals surface area (Å²) in [6.45, 7) is 1.79. The molecule has 1 amide bonds. The van der Waals surface area contributed by atoms with Crippen LogP contribution in [0, 0.1) is 0 Å². The van der Waals surface area contributed by atoms with E-state index in [1.807, 2.05) is 23.0 Å². The highest BCUT2D eigenvalue weighted by atomic mass is 127. The van der Waals surface area contributed by atoms with Crippen LogP contribution in [0.5, 0.6) is 5.75 Å². The number of methoxy groups -OCH3 is 1. The van der Waals surface area contributed by atoms with Crippen molar-refractivity contribution < 1.29 is 9.53 Å². The summed E-state index contributed by atoms with van der Waals surface area (Å²) in [5, 5.41) is 13.6. The van der Waals surface area contributed by atoms with E-state index in [-0.39, 0.29) is 29.9 Å². The van der Waals surface area contributed by atoms with Crippen molar-refractivity contribution in [1.29, 1.82) is 0 Å². The third-order valence-corrected chi connectivity index (χ3v) is 4.67. The molecule has 0 saturated carbocycles. The number of guanidine groups is 1. The Bertz CT molecular complexity index is 990. The molecule has 3 aromatic rings. The number of nitrogens with one attached hydrogen (secondary N) is 3. The number of benzene rings is 2. The second kappa shape index (κ2) is 13.4. The van der Waals surface area contributed by atoms with E-state index in [0.29, 0.717) is 30.4 Å². The van der Waals surface area contributed by atoms with Gasteiger partial charge in [0.25, 0.3) is 5.91 Å². The fourth-order valence-corrected chi connectivity index (χ4v) is 3.01. The molecule has 1 aromatic heterocycles. The highest BCUT2D eigenvalue weighted by Crippen LogP contribution is 2.12. The molecule has 8 nitrogen and oxygen atoms in total. The number of hydrogen-bond acceptors (Lipinski definition) is 4. The second-order valence-electron chi connectivity index (χ2n) is 6.78. The van der Waals surface area contributed by atoms with Crippen molar-refractivity contribution in [3.63, 3.8) is 0 Å². The number of aliphatic imine (C=N–C) groups is 1. The summed E-state index contributed by atoms with van der Waals surface area (Å²) in [6, 6.07) is 17.3. The van der Waals surface area contributed by atoms with Crippen molar-refractivity contribution in [3.05, 3.63) is 78.1 Å². The van der Waals surface area contributed by atoms with Crippen LogP contribution >= 0.6 is 24.0 Å². The first-order valence-electron chi connectivity index (χ1n) is 10.2. The summed E-state index contributed by atoms with van der Waals surface area (Å²) in [4.78, 5) is 16.4. The van der Waals surface area contributed by atoms with Crippen LogP contribution in [0.1, 0.15) is 15.9 Å². The number of ether oxygens (including phenoxy) is 1. The third-order valence-electron chi connectivity index (χ3n) is 4.67. The van der Waals surface area contributed by atoms with Gasteiger partial charge in [-0.1, -0.05) is 18.2 Å². The predicted octanol–water partition coefficient (Wildman–Crippen LogP) is 2.64. The van der Waals surface area contributed by atoms with Crippen molar-refractivity contribution in [2.45, 2.75) is 6.42 Å². The van der Waals surface area contributed by atoms with Gasteiger partial charge in [-0.15, -0.1) is 24.0 Å². The Labute approximate surface area is 205 Å². The minimum absolute atomic E-state index is 0. The summed E-state index contributed by atoms with van der Waals surface area (Å²) in [6.07, 6.45) is 4.55. The van der Waals surface area contributed by atoms with Crippen LogP contribution in [0.4, 0.5) is 0 Å². The van der Waals surface area contributed by atoms with Gasteiger partial charge in [0, 0.05) is 44.6 Å². The first-order chi connectivity index (χ1) is 15.2. The van der Waals surface area contributed by atoms with Gasteiger partial charge in [-0.25, -0.2) is 4.68 Å². The molecule has 9 heteroatoms. The predicted molar refractivity (Wildman–Crippen MR) is 137 cm³/mol. The average Bonchev–Trinajstić information content (AvgIpc) is 3.36. The maximum Gasteiger partial charge on any atom is 0.251 e. The Morgan fingerprint density at radius 1 is 1.03 bits per heavy atom. The summed E-state index contributed by atoms with van der Waals surface area (Å²) < 4.78 is 6.98. The van der Waals surface area contributed by atoms with Crippen molar-refractivity contribution in [1.82, 2.24) is 25.7 Å². The minimum atomic E-state index is -0.137. The van der Waals surface area contributed by atoms with E-state index >= 15 is 0 Å². The van der Waals surface area contributed by atoms with Crippen molar-refractivity contribution in [3.8, 4) is 11.4 Å². The fourth-order valence-electron chi connectivity index (χ4n) is 3.01. The van der Waals surface area contributed by atoms with E-state index in [9.17, 15) is 4.79 Å². The molecule has 0 aliphatic carbocycles.